The van der Waals surface area contributed by atoms with Crippen LogP contribution in [0.4, 0.5) is 10.1 Å². The van der Waals surface area contributed by atoms with Gasteiger partial charge in [0.1, 0.15) is 10.8 Å². The molecule has 2 amide bonds. The van der Waals surface area contributed by atoms with Gasteiger partial charge in [-0.3, -0.25) is 9.59 Å². The van der Waals surface area contributed by atoms with E-state index in [4.69, 9.17) is 11.6 Å². The zero-order valence-corrected chi connectivity index (χ0v) is 16.5. The molecule has 0 spiro atoms. The van der Waals surface area contributed by atoms with Crippen molar-refractivity contribution in [1.82, 2.24) is 10.3 Å². The SMILES string of the molecule is Cc1ccc(NC(=O)C(=O)NCCc2csc(-c3ccc(F)cc3)n2)cc1Cl. The van der Waals surface area contributed by atoms with Crippen LogP contribution in [0.15, 0.2) is 47.8 Å². The van der Waals surface area contributed by atoms with Crippen LogP contribution in [-0.4, -0.2) is 23.3 Å². The van der Waals surface area contributed by atoms with Crippen molar-refractivity contribution in [3.63, 3.8) is 0 Å². The van der Waals surface area contributed by atoms with Gasteiger partial charge in [-0.05, 0) is 48.9 Å². The van der Waals surface area contributed by atoms with Gasteiger partial charge in [0.15, 0.2) is 0 Å². The van der Waals surface area contributed by atoms with E-state index < -0.39 is 11.8 Å². The van der Waals surface area contributed by atoms with E-state index in [0.717, 1.165) is 21.8 Å². The van der Waals surface area contributed by atoms with Crippen LogP contribution in [0.2, 0.25) is 5.02 Å². The number of nitrogens with one attached hydrogen (secondary N) is 2. The number of amides is 2. The lowest BCUT2D eigenvalue weighted by Crippen LogP contribution is -2.36. The molecule has 144 valence electrons. The number of benzene rings is 2. The summed E-state index contributed by atoms with van der Waals surface area (Å²) in [5, 5.41) is 8.23. The van der Waals surface area contributed by atoms with Gasteiger partial charge in [0, 0.05) is 34.6 Å². The summed E-state index contributed by atoms with van der Waals surface area (Å²) < 4.78 is 13.0. The summed E-state index contributed by atoms with van der Waals surface area (Å²) in [7, 11) is 0. The van der Waals surface area contributed by atoms with Crippen LogP contribution in [-0.2, 0) is 16.0 Å². The quantitative estimate of drug-likeness (QED) is 0.611. The van der Waals surface area contributed by atoms with E-state index in [9.17, 15) is 14.0 Å². The number of anilines is 1. The molecule has 1 heterocycles. The predicted octanol–water partition coefficient (Wildman–Crippen LogP) is 4.21. The first kappa shape index (κ1) is 20.0. The monoisotopic (exact) mass is 417 g/mol. The smallest absolute Gasteiger partial charge is 0.313 e. The molecule has 0 aliphatic rings. The van der Waals surface area contributed by atoms with Crippen molar-refractivity contribution in [3.05, 3.63) is 69.9 Å². The largest absolute Gasteiger partial charge is 0.347 e. The summed E-state index contributed by atoms with van der Waals surface area (Å²) in [5.41, 5.74) is 2.96. The van der Waals surface area contributed by atoms with Gasteiger partial charge in [-0.2, -0.15) is 0 Å². The van der Waals surface area contributed by atoms with Gasteiger partial charge < -0.3 is 10.6 Å². The summed E-state index contributed by atoms with van der Waals surface area (Å²) in [6, 6.07) is 11.1. The zero-order valence-electron chi connectivity index (χ0n) is 15.0. The van der Waals surface area contributed by atoms with E-state index >= 15 is 0 Å². The molecular formula is C20H17ClFN3O2S. The highest BCUT2D eigenvalue weighted by Gasteiger charge is 2.14. The number of halogens is 2. The first-order chi connectivity index (χ1) is 13.4. The average molecular weight is 418 g/mol. The Morgan fingerprint density at radius 2 is 1.89 bits per heavy atom. The molecule has 0 aliphatic heterocycles. The second-order valence-electron chi connectivity index (χ2n) is 6.07. The molecule has 0 aliphatic carbocycles. The number of nitrogens with zero attached hydrogens (tertiary/aromatic N) is 1. The third-order valence-corrected chi connectivity index (χ3v) is 5.29. The molecule has 8 heteroatoms. The van der Waals surface area contributed by atoms with Gasteiger partial charge in [-0.25, -0.2) is 9.37 Å². The molecule has 0 saturated heterocycles. The maximum absolute atomic E-state index is 13.0. The molecule has 5 nitrogen and oxygen atoms in total. The number of rotatable bonds is 5. The van der Waals surface area contributed by atoms with Crippen LogP contribution in [0.3, 0.4) is 0 Å². The highest BCUT2D eigenvalue weighted by molar-refractivity contribution is 7.13. The van der Waals surface area contributed by atoms with Crippen LogP contribution in [0.5, 0.6) is 0 Å². The van der Waals surface area contributed by atoms with E-state index in [2.05, 4.69) is 15.6 Å². The topological polar surface area (TPSA) is 71.1 Å². The summed E-state index contributed by atoms with van der Waals surface area (Å²) >= 11 is 7.45. The lowest BCUT2D eigenvalue weighted by molar-refractivity contribution is -0.136. The van der Waals surface area contributed by atoms with E-state index in [0.29, 0.717) is 17.1 Å². The summed E-state index contributed by atoms with van der Waals surface area (Å²) in [6.07, 6.45) is 0.479. The van der Waals surface area contributed by atoms with Gasteiger partial charge >= 0.3 is 11.8 Å². The van der Waals surface area contributed by atoms with Crippen molar-refractivity contribution in [2.75, 3.05) is 11.9 Å². The molecule has 0 unspecified atom stereocenters. The van der Waals surface area contributed by atoms with Crippen molar-refractivity contribution < 1.29 is 14.0 Å². The van der Waals surface area contributed by atoms with Gasteiger partial charge in [0.05, 0.1) is 5.69 Å². The maximum atomic E-state index is 13.0. The second-order valence-corrected chi connectivity index (χ2v) is 7.34. The lowest BCUT2D eigenvalue weighted by atomic mass is 10.2. The highest BCUT2D eigenvalue weighted by atomic mass is 35.5. The first-order valence-corrected chi connectivity index (χ1v) is 9.74. The third kappa shape index (κ3) is 5.15. The van der Waals surface area contributed by atoms with Gasteiger partial charge in [-0.1, -0.05) is 17.7 Å². The Kier molecular flexibility index (Phi) is 6.38. The zero-order chi connectivity index (χ0) is 20.1. The average Bonchev–Trinajstić information content (AvgIpc) is 3.14. The predicted molar refractivity (Wildman–Crippen MR) is 109 cm³/mol. The number of carbonyl (C=O) groups is 2. The van der Waals surface area contributed by atoms with E-state index in [1.807, 2.05) is 12.3 Å². The number of hydrogen-bond acceptors (Lipinski definition) is 4. The normalized spacial score (nSPS) is 10.5. The fraction of sp³-hybridized carbons (Fsp3) is 0.150. The van der Waals surface area contributed by atoms with E-state index in [1.54, 1.807) is 30.3 Å². The minimum Gasteiger partial charge on any atom is -0.347 e. The third-order valence-electron chi connectivity index (χ3n) is 3.95. The molecule has 3 aromatic rings. The summed E-state index contributed by atoms with van der Waals surface area (Å²) in [4.78, 5) is 28.4. The Labute approximate surface area is 170 Å². The first-order valence-electron chi connectivity index (χ1n) is 8.48. The number of hydrogen-bond donors (Lipinski definition) is 2. The van der Waals surface area contributed by atoms with E-state index in [1.165, 1.54) is 23.5 Å². The van der Waals surface area contributed by atoms with Crippen LogP contribution in [0.25, 0.3) is 10.6 Å². The maximum Gasteiger partial charge on any atom is 0.313 e. The second kappa shape index (κ2) is 8.95. The highest BCUT2D eigenvalue weighted by Crippen LogP contribution is 2.24. The van der Waals surface area contributed by atoms with Crippen molar-refractivity contribution in [2.45, 2.75) is 13.3 Å². The molecule has 0 atom stereocenters. The van der Waals surface area contributed by atoms with Crippen LogP contribution in [0.1, 0.15) is 11.3 Å². The Morgan fingerprint density at radius 1 is 1.14 bits per heavy atom. The fourth-order valence-electron chi connectivity index (χ4n) is 2.39. The van der Waals surface area contributed by atoms with Crippen molar-refractivity contribution >= 4 is 40.4 Å². The molecule has 0 radical (unpaired) electrons. The number of carbonyl (C=O) groups excluding carboxylic acids is 2. The number of aromatic nitrogens is 1. The fourth-order valence-corrected chi connectivity index (χ4v) is 3.43. The molecule has 0 saturated carbocycles. The van der Waals surface area contributed by atoms with Gasteiger partial charge in [0.2, 0.25) is 0 Å². The lowest BCUT2D eigenvalue weighted by Gasteiger charge is -2.07. The summed E-state index contributed by atoms with van der Waals surface area (Å²) in [6.45, 7) is 2.12. The Hall–Kier alpha value is -2.77. The molecule has 0 bridgehead atoms. The molecule has 2 N–H and O–H groups in total. The van der Waals surface area contributed by atoms with Crippen LogP contribution < -0.4 is 10.6 Å². The molecule has 3 rings (SSSR count). The minimum absolute atomic E-state index is 0.271. The molecular weight excluding hydrogens is 401 g/mol. The number of aryl methyl sites for hydroxylation is 1. The number of thiazole rings is 1. The van der Waals surface area contributed by atoms with Crippen molar-refractivity contribution in [1.29, 1.82) is 0 Å². The van der Waals surface area contributed by atoms with E-state index in [-0.39, 0.29) is 12.4 Å². The van der Waals surface area contributed by atoms with Crippen molar-refractivity contribution in [3.8, 4) is 10.6 Å². The minimum atomic E-state index is -0.759. The van der Waals surface area contributed by atoms with Gasteiger partial charge in [-0.15, -0.1) is 11.3 Å². The van der Waals surface area contributed by atoms with Crippen molar-refractivity contribution in [2.24, 2.45) is 0 Å². The van der Waals surface area contributed by atoms with Gasteiger partial charge in [0.25, 0.3) is 0 Å². The molecule has 1 aromatic heterocycles. The van der Waals surface area contributed by atoms with Crippen LogP contribution in [0, 0.1) is 12.7 Å². The standard InChI is InChI=1S/C20H17ClFN3O2S/c1-12-2-7-15(10-17(12)21)24-19(27)18(26)23-9-8-16-11-28-20(25-16)13-3-5-14(22)6-4-13/h2-7,10-11H,8-9H2,1H3,(H,23,26)(H,24,27). The van der Waals surface area contributed by atoms with Crippen LogP contribution >= 0.6 is 22.9 Å². The molecule has 2 aromatic carbocycles. The Balaban J connectivity index is 1.49. The Morgan fingerprint density at radius 3 is 2.61 bits per heavy atom. The molecule has 28 heavy (non-hydrogen) atoms. The molecule has 0 fully saturated rings. The Bertz CT molecular complexity index is 1000. The summed E-state index contributed by atoms with van der Waals surface area (Å²) in [5.74, 6) is -1.79.